The molecular weight excluding hydrogens is 216 g/mol. The van der Waals surface area contributed by atoms with Crippen molar-refractivity contribution in [2.24, 2.45) is 0 Å². The summed E-state index contributed by atoms with van der Waals surface area (Å²) in [4.78, 5) is 26.4. The number of nitrogens with zero attached hydrogens (tertiary/aromatic N) is 1. The maximum Gasteiger partial charge on any atom is 0.355 e. The van der Waals surface area contributed by atoms with Crippen LogP contribution >= 0.6 is 11.3 Å². The molecule has 1 heterocycles. The van der Waals surface area contributed by atoms with Crippen molar-refractivity contribution in [3.8, 4) is 0 Å². The van der Waals surface area contributed by atoms with Gasteiger partial charge in [-0.05, 0) is 18.8 Å². The molecule has 1 aromatic heterocycles. The number of aromatic carboxylic acids is 1. The SMILES string of the molecule is CC(=O)Nc1nc(C(=O)O)c(C2CC2)s1. The Labute approximate surface area is 90.1 Å². The van der Waals surface area contributed by atoms with Crippen molar-refractivity contribution >= 4 is 28.3 Å². The zero-order valence-corrected chi connectivity index (χ0v) is 8.93. The molecule has 80 valence electrons. The Morgan fingerprint density at radius 1 is 1.53 bits per heavy atom. The first-order valence-corrected chi connectivity index (χ1v) is 5.41. The standard InChI is InChI=1S/C9H10N2O3S/c1-4(12)10-9-11-6(8(13)14)7(15-9)5-2-3-5/h5H,2-3H2,1H3,(H,13,14)(H,10,11,12). The maximum atomic E-state index is 10.9. The minimum atomic E-state index is -1.02. The number of nitrogens with one attached hydrogen (secondary N) is 1. The summed E-state index contributed by atoms with van der Waals surface area (Å²) in [6, 6.07) is 0. The Bertz CT molecular complexity index is 423. The second kappa shape index (κ2) is 3.62. The highest BCUT2D eigenvalue weighted by molar-refractivity contribution is 7.16. The zero-order valence-electron chi connectivity index (χ0n) is 8.11. The molecule has 2 N–H and O–H groups in total. The lowest BCUT2D eigenvalue weighted by Gasteiger charge is -1.91. The van der Waals surface area contributed by atoms with Gasteiger partial charge in [-0.2, -0.15) is 0 Å². The monoisotopic (exact) mass is 226 g/mol. The topological polar surface area (TPSA) is 79.3 Å². The lowest BCUT2D eigenvalue weighted by Crippen LogP contribution is -2.06. The van der Waals surface area contributed by atoms with Gasteiger partial charge in [0.1, 0.15) is 0 Å². The van der Waals surface area contributed by atoms with Crippen molar-refractivity contribution in [3.05, 3.63) is 10.6 Å². The molecule has 1 saturated carbocycles. The van der Waals surface area contributed by atoms with Crippen LogP contribution in [0.2, 0.25) is 0 Å². The lowest BCUT2D eigenvalue weighted by atomic mass is 10.3. The summed E-state index contributed by atoms with van der Waals surface area (Å²) in [7, 11) is 0. The van der Waals surface area contributed by atoms with Crippen LogP contribution in [-0.4, -0.2) is 22.0 Å². The van der Waals surface area contributed by atoms with E-state index in [9.17, 15) is 9.59 Å². The average molecular weight is 226 g/mol. The molecule has 0 radical (unpaired) electrons. The van der Waals surface area contributed by atoms with E-state index in [1.165, 1.54) is 18.3 Å². The molecule has 15 heavy (non-hydrogen) atoms. The van der Waals surface area contributed by atoms with Crippen molar-refractivity contribution in [1.82, 2.24) is 4.98 Å². The molecule has 0 spiro atoms. The average Bonchev–Trinajstić information content (AvgIpc) is 2.87. The zero-order chi connectivity index (χ0) is 11.0. The Balaban J connectivity index is 2.31. The molecule has 2 rings (SSSR count). The van der Waals surface area contributed by atoms with E-state index >= 15 is 0 Å². The lowest BCUT2D eigenvalue weighted by molar-refractivity contribution is -0.114. The number of aromatic nitrogens is 1. The number of rotatable bonds is 3. The second-order valence-corrected chi connectivity index (χ2v) is 4.52. The Morgan fingerprint density at radius 2 is 2.20 bits per heavy atom. The predicted molar refractivity (Wildman–Crippen MR) is 55.4 cm³/mol. The highest BCUT2D eigenvalue weighted by Gasteiger charge is 2.31. The molecule has 0 unspecified atom stereocenters. The molecule has 5 nitrogen and oxygen atoms in total. The van der Waals surface area contributed by atoms with Crippen molar-refractivity contribution in [2.45, 2.75) is 25.7 Å². The van der Waals surface area contributed by atoms with Crippen molar-refractivity contribution in [1.29, 1.82) is 0 Å². The van der Waals surface area contributed by atoms with Gasteiger partial charge < -0.3 is 10.4 Å². The van der Waals surface area contributed by atoms with Gasteiger partial charge in [0.25, 0.3) is 0 Å². The first-order chi connectivity index (χ1) is 7.08. The van der Waals surface area contributed by atoms with E-state index in [1.807, 2.05) is 0 Å². The number of carbonyl (C=O) groups excluding carboxylic acids is 1. The van der Waals surface area contributed by atoms with Crippen LogP contribution in [0.3, 0.4) is 0 Å². The molecule has 0 bridgehead atoms. The van der Waals surface area contributed by atoms with E-state index < -0.39 is 5.97 Å². The molecule has 0 aliphatic heterocycles. The number of carboxylic acid groups (broad SMARTS) is 1. The van der Waals surface area contributed by atoms with Crippen LogP contribution < -0.4 is 5.32 Å². The van der Waals surface area contributed by atoms with Gasteiger partial charge in [-0.15, -0.1) is 11.3 Å². The number of anilines is 1. The van der Waals surface area contributed by atoms with Crippen LogP contribution in [0, 0.1) is 0 Å². The van der Waals surface area contributed by atoms with Gasteiger partial charge in [0.05, 0.1) is 0 Å². The minimum absolute atomic E-state index is 0.0891. The Morgan fingerprint density at radius 3 is 2.67 bits per heavy atom. The van der Waals surface area contributed by atoms with Crippen LogP contribution in [0.25, 0.3) is 0 Å². The van der Waals surface area contributed by atoms with Crippen molar-refractivity contribution in [2.75, 3.05) is 5.32 Å². The van der Waals surface area contributed by atoms with E-state index in [0.29, 0.717) is 11.0 Å². The third kappa shape index (κ3) is 2.15. The van der Waals surface area contributed by atoms with Gasteiger partial charge >= 0.3 is 5.97 Å². The summed E-state index contributed by atoms with van der Waals surface area (Å²) in [5, 5.41) is 11.8. The largest absolute Gasteiger partial charge is 0.476 e. The molecular formula is C9H10N2O3S. The summed E-state index contributed by atoms with van der Waals surface area (Å²) in [6.45, 7) is 1.37. The predicted octanol–water partition coefficient (Wildman–Crippen LogP) is 1.68. The molecule has 1 aromatic rings. The molecule has 1 fully saturated rings. The maximum absolute atomic E-state index is 10.9. The second-order valence-electron chi connectivity index (χ2n) is 3.49. The number of carboxylic acids is 1. The normalized spacial score (nSPS) is 15.0. The van der Waals surface area contributed by atoms with Crippen molar-refractivity contribution in [3.63, 3.8) is 0 Å². The van der Waals surface area contributed by atoms with Crippen LogP contribution in [-0.2, 0) is 4.79 Å². The number of amides is 1. The Kier molecular flexibility index (Phi) is 2.44. The van der Waals surface area contributed by atoms with Gasteiger partial charge in [0, 0.05) is 11.8 Å². The number of thiazole rings is 1. The fraction of sp³-hybridized carbons (Fsp3) is 0.444. The third-order valence-electron chi connectivity index (χ3n) is 2.09. The molecule has 0 atom stereocenters. The van der Waals surface area contributed by atoms with Gasteiger partial charge in [0.2, 0.25) is 5.91 Å². The summed E-state index contributed by atoms with van der Waals surface area (Å²) >= 11 is 1.26. The third-order valence-corrected chi connectivity index (χ3v) is 3.22. The summed E-state index contributed by atoms with van der Waals surface area (Å²) in [5.41, 5.74) is 0.0891. The van der Waals surface area contributed by atoms with Gasteiger partial charge in [-0.25, -0.2) is 9.78 Å². The molecule has 1 aliphatic carbocycles. The minimum Gasteiger partial charge on any atom is -0.476 e. The fourth-order valence-corrected chi connectivity index (χ4v) is 2.48. The van der Waals surface area contributed by atoms with Crippen LogP contribution in [0.4, 0.5) is 5.13 Å². The van der Waals surface area contributed by atoms with E-state index in [1.54, 1.807) is 0 Å². The molecule has 1 amide bonds. The molecule has 0 aromatic carbocycles. The first kappa shape index (κ1) is 10.1. The highest BCUT2D eigenvalue weighted by Crippen LogP contribution is 2.45. The van der Waals surface area contributed by atoms with Crippen LogP contribution in [0.1, 0.15) is 41.0 Å². The quantitative estimate of drug-likeness (QED) is 0.821. The van der Waals surface area contributed by atoms with Crippen molar-refractivity contribution < 1.29 is 14.7 Å². The molecule has 6 heteroatoms. The summed E-state index contributed by atoms with van der Waals surface area (Å²) in [5.74, 6) is -0.927. The first-order valence-electron chi connectivity index (χ1n) is 4.59. The number of hydrogen-bond acceptors (Lipinski definition) is 4. The number of carbonyl (C=O) groups is 2. The van der Waals surface area contributed by atoms with E-state index in [2.05, 4.69) is 10.3 Å². The molecule has 0 saturated heterocycles. The van der Waals surface area contributed by atoms with Gasteiger partial charge in [-0.3, -0.25) is 4.79 Å². The molecule has 1 aliphatic rings. The van der Waals surface area contributed by atoms with E-state index in [0.717, 1.165) is 17.7 Å². The van der Waals surface area contributed by atoms with Gasteiger partial charge in [-0.1, -0.05) is 0 Å². The fourth-order valence-electron chi connectivity index (χ4n) is 1.31. The Hall–Kier alpha value is -1.43. The summed E-state index contributed by atoms with van der Waals surface area (Å²) in [6.07, 6.45) is 2.03. The summed E-state index contributed by atoms with van der Waals surface area (Å²) < 4.78 is 0. The van der Waals surface area contributed by atoms with Gasteiger partial charge in [0.15, 0.2) is 10.8 Å². The van der Waals surface area contributed by atoms with Crippen LogP contribution in [0.15, 0.2) is 0 Å². The van der Waals surface area contributed by atoms with E-state index in [4.69, 9.17) is 5.11 Å². The smallest absolute Gasteiger partial charge is 0.355 e. The number of hydrogen-bond donors (Lipinski definition) is 2. The van der Waals surface area contributed by atoms with Crippen LogP contribution in [0.5, 0.6) is 0 Å². The van der Waals surface area contributed by atoms with E-state index in [-0.39, 0.29) is 11.6 Å². The highest BCUT2D eigenvalue weighted by atomic mass is 32.1.